The molecule has 0 unspecified atom stereocenters. The van der Waals surface area contributed by atoms with Gasteiger partial charge in [0.1, 0.15) is 11.4 Å². The van der Waals surface area contributed by atoms with E-state index in [-0.39, 0.29) is 22.6 Å². The number of imide groups is 1. The molecule has 4 rings (SSSR count). The third kappa shape index (κ3) is 4.61. The predicted octanol–water partition coefficient (Wildman–Crippen LogP) is 5.16. The average Bonchev–Trinajstić information content (AvgIpc) is 3.03. The molecule has 1 aliphatic rings. The molecule has 0 aromatic heterocycles. The van der Waals surface area contributed by atoms with E-state index < -0.39 is 23.9 Å². The number of hydrogen-bond acceptors (Lipinski definition) is 5. The van der Waals surface area contributed by atoms with Gasteiger partial charge >= 0.3 is 6.36 Å². The van der Waals surface area contributed by atoms with Crippen LogP contribution in [-0.2, 0) is 9.59 Å². The minimum atomic E-state index is -4.88. The summed E-state index contributed by atoms with van der Waals surface area (Å²) in [5, 5.41) is 11.8. The number of alkyl halides is 3. The molecule has 0 bridgehead atoms. The van der Waals surface area contributed by atoms with Crippen molar-refractivity contribution in [2.45, 2.75) is 13.3 Å². The van der Waals surface area contributed by atoms with Crippen molar-refractivity contribution in [3.8, 4) is 11.8 Å². The largest absolute Gasteiger partial charge is 0.573 e. The molecule has 0 radical (unpaired) electrons. The highest BCUT2D eigenvalue weighted by molar-refractivity contribution is 6.46. The summed E-state index contributed by atoms with van der Waals surface area (Å²) < 4.78 is 41.8. The second-order valence-electron chi connectivity index (χ2n) is 7.42. The van der Waals surface area contributed by atoms with Crippen LogP contribution < -0.4 is 15.0 Å². The van der Waals surface area contributed by atoms with Gasteiger partial charge in [0, 0.05) is 11.8 Å². The summed E-state index contributed by atoms with van der Waals surface area (Å²) in [6.07, 6.45) is -4.88. The number of carbonyl (C=O) groups excluding carboxylic acids is 2. The number of rotatable bonds is 5. The second-order valence-corrected chi connectivity index (χ2v) is 7.42. The van der Waals surface area contributed by atoms with E-state index in [1.165, 1.54) is 36.4 Å². The van der Waals surface area contributed by atoms with Crippen LogP contribution in [0.2, 0.25) is 0 Å². The van der Waals surface area contributed by atoms with Crippen LogP contribution >= 0.6 is 0 Å². The zero-order chi connectivity index (χ0) is 24.5. The summed E-state index contributed by atoms with van der Waals surface area (Å²) in [6, 6.07) is 19.8. The van der Waals surface area contributed by atoms with Crippen LogP contribution in [0.25, 0.3) is 5.57 Å². The van der Waals surface area contributed by atoms with Crippen molar-refractivity contribution in [3.63, 3.8) is 0 Å². The number of ether oxygens (including phenoxy) is 1. The molecule has 6 nitrogen and oxygen atoms in total. The molecule has 2 amide bonds. The van der Waals surface area contributed by atoms with E-state index >= 15 is 0 Å². The van der Waals surface area contributed by atoms with E-state index in [1.807, 2.05) is 13.0 Å². The number of anilines is 2. The smallest absolute Gasteiger partial charge is 0.406 e. The lowest BCUT2D eigenvalue weighted by Gasteiger charge is -2.15. The van der Waals surface area contributed by atoms with Crippen LogP contribution in [0.4, 0.5) is 24.5 Å². The first-order chi connectivity index (χ1) is 16.2. The Morgan fingerprint density at radius 3 is 2.24 bits per heavy atom. The maximum Gasteiger partial charge on any atom is 0.573 e. The van der Waals surface area contributed by atoms with Crippen molar-refractivity contribution >= 4 is 28.8 Å². The Bertz CT molecular complexity index is 1340. The summed E-state index contributed by atoms with van der Waals surface area (Å²) in [4.78, 5) is 27.7. The number of benzene rings is 3. The number of hydrogen-bond donors (Lipinski definition) is 1. The van der Waals surface area contributed by atoms with E-state index in [0.717, 1.165) is 22.6 Å². The Labute approximate surface area is 192 Å². The van der Waals surface area contributed by atoms with Crippen molar-refractivity contribution in [2.24, 2.45) is 0 Å². The minimum Gasteiger partial charge on any atom is -0.406 e. The molecule has 0 fully saturated rings. The van der Waals surface area contributed by atoms with Crippen LogP contribution in [0.5, 0.6) is 5.75 Å². The molecule has 0 spiro atoms. The van der Waals surface area contributed by atoms with Crippen LogP contribution in [-0.4, -0.2) is 18.2 Å². The quantitative estimate of drug-likeness (QED) is 0.529. The van der Waals surface area contributed by atoms with E-state index in [1.54, 1.807) is 24.3 Å². The van der Waals surface area contributed by atoms with E-state index in [0.29, 0.717) is 11.1 Å². The predicted molar refractivity (Wildman–Crippen MR) is 118 cm³/mol. The monoisotopic (exact) mass is 463 g/mol. The SMILES string of the molecule is Cc1ccc(C2=C(Nc3cccc(OC(F)(F)F)c3)C(=O)N(c3ccc(C#N)cc3)C2=O)cc1. The van der Waals surface area contributed by atoms with Crippen LogP contribution in [0.15, 0.2) is 78.5 Å². The van der Waals surface area contributed by atoms with Gasteiger partial charge in [-0.3, -0.25) is 9.59 Å². The first-order valence-electron chi connectivity index (χ1n) is 9.99. The van der Waals surface area contributed by atoms with Gasteiger partial charge in [-0.25, -0.2) is 4.90 Å². The highest BCUT2D eigenvalue weighted by atomic mass is 19.4. The molecular formula is C25H16F3N3O3. The maximum absolute atomic E-state index is 13.4. The van der Waals surface area contributed by atoms with E-state index in [9.17, 15) is 22.8 Å². The number of nitrogens with zero attached hydrogens (tertiary/aromatic N) is 2. The molecule has 0 saturated heterocycles. The summed E-state index contributed by atoms with van der Waals surface area (Å²) in [6.45, 7) is 1.87. The van der Waals surface area contributed by atoms with E-state index in [4.69, 9.17) is 5.26 Å². The van der Waals surface area contributed by atoms with Crippen LogP contribution in [0.3, 0.4) is 0 Å². The Kier molecular flexibility index (Phi) is 5.82. The number of carbonyl (C=O) groups is 2. The summed E-state index contributed by atoms with van der Waals surface area (Å²) in [7, 11) is 0. The molecule has 9 heteroatoms. The molecule has 1 N–H and O–H groups in total. The molecule has 0 saturated carbocycles. The van der Waals surface area contributed by atoms with Crippen LogP contribution in [0, 0.1) is 18.3 Å². The summed E-state index contributed by atoms with van der Waals surface area (Å²) >= 11 is 0. The zero-order valence-corrected chi connectivity index (χ0v) is 17.7. The van der Waals surface area contributed by atoms with Gasteiger partial charge in [0.25, 0.3) is 11.8 Å². The van der Waals surface area contributed by atoms with Gasteiger partial charge in [-0.2, -0.15) is 5.26 Å². The minimum absolute atomic E-state index is 0.0662. The van der Waals surface area contributed by atoms with E-state index in [2.05, 4.69) is 10.1 Å². The molecule has 0 atom stereocenters. The molecule has 1 heterocycles. The lowest BCUT2D eigenvalue weighted by molar-refractivity contribution is -0.274. The Balaban J connectivity index is 1.76. The zero-order valence-electron chi connectivity index (χ0n) is 17.7. The normalized spacial score (nSPS) is 13.8. The van der Waals surface area contributed by atoms with Gasteiger partial charge < -0.3 is 10.1 Å². The van der Waals surface area contributed by atoms with Gasteiger partial charge in [0.05, 0.1) is 22.9 Å². The molecule has 34 heavy (non-hydrogen) atoms. The van der Waals surface area contributed by atoms with Gasteiger partial charge in [0.15, 0.2) is 0 Å². The molecule has 3 aromatic rings. The molecule has 1 aliphatic heterocycles. The maximum atomic E-state index is 13.4. The second kappa shape index (κ2) is 8.75. The fourth-order valence-corrected chi connectivity index (χ4v) is 3.47. The third-order valence-electron chi connectivity index (χ3n) is 5.02. The molecular weight excluding hydrogens is 447 g/mol. The lowest BCUT2D eigenvalue weighted by atomic mass is 10.0. The average molecular weight is 463 g/mol. The highest BCUT2D eigenvalue weighted by Crippen LogP contribution is 2.35. The van der Waals surface area contributed by atoms with Crippen molar-refractivity contribution in [1.29, 1.82) is 5.26 Å². The summed E-state index contributed by atoms with van der Waals surface area (Å²) in [5.74, 6) is -1.77. The first-order valence-corrected chi connectivity index (χ1v) is 9.99. The van der Waals surface area contributed by atoms with Crippen molar-refractivity contribution < 1.29 is 27.5 Å². The Hall–Kier alpha value is -4.58. The number of halogens is 3. The Morgan fingerprint density at radius 2 is 1.62 bits per heavy atom. The number of nitrogens with one attached hydrogen (secondary N) is 1. The summed E-state index contributed by atoms with van der Waals surface area (Å²) in [5.41, 5.74) is 2.11. The molecule has 0 aliphatic carbocycles. The number of aryl methyl sites for hydroxylation is 1. The van der Waals surface area contributed by atoms with Gasteiger partial charge in [-0.1, -0.05) is 35.9 Å². The number of nitriles is 1. The van der Waals surface area contributed by atoms with Crippen molar-refractivity contribution in [3.05, 3.63) is 95.2 Å². The molecule has 3 aromatic carbocycles. The standard InChI is InChI=1S/C25H16F3N3O3/c1-15-5-9-17(10-6-15)21-22(30-18-3-2-4-20(13-18)34-25(26,27)28)24(33)31(23(21)32)19-11-7-16(14-29)8-12-19/h2-13,30H,1H3. The van der Waals surface area contributed by atoms with Crippen LogP contribution in [0.1, 0.15) is 16.7 Å². The number of amides is 2. The fourth-order valence-electron chi connectivity index (χ4n) is 3.47. The third-order valence-corrected chi connectivity index (χ3v) is 5.02. The van der Waals surface area contributed by atoms with Crippen molar-refractivity contribution in [1.82, 2.24) is 0 Å². The van der Waals surface area contributed by atoms with Gasteiger partial charge in [-0.05, 0) is 48.9 Å². The topological polar surface area (TPSA) is 82.4 Å². The highest BCUT2D eigenvalue weighted by Gasteiger charge is 2.40. The Morgan fingerprint density at radius 1 is 0.941 bits per heavy atom. The first kappa shape index (κ1) is 22.6. The van der Waals surface area contributed by atoms with Gasteiger partial charge in [-0.15, -0.1) is 13.2 Å². The lowest BCUT2D eigenvalue weighted by Crippen LogP contribution is -2.32. The van der Waals surface area contributed by atoms with Gasteiger partial charge in [0.2, 0.25) is 0 Å². The van der Waals surface area contributed by atoms with Crippen molar-refractivity contribution in [2.75, 3.05) is 10.2 Å². The molecule has 170 valence electrons. The fraction of sp³-hybridized carbons (Fsp3) is 0.0800.